The lowest BCUT2D eigenvalue weighted by molar-refractivity contribution is 0.0758. The number of hydrogen-bond donors (Lipinski definition) is 0. The summed E-state index contributed by atoms with van der Waals surface area (Å²) >= 11 is 1.66. The first kappa shape index (κ1) is 20.5. The first-order chi connectivity index (χ1) is 13.0. The van der Waals surface area contributed by atoms with E-state index in [1.54, 1.807) is 38.3 Å². The molecule has 0 radical (unpaired) electrons. The van der Waals surface area contributed by atoms with Gasteiger partial charge < -0.3 is 9.42 Å². The number of carbonyl (C=O) groups excluding carboxylic acids is 1. The molecule has 150 valence electrons. The number of pyridine rings is 1. The van der Waals surface area contributed by atoms with Gasteiger partial charge in [-0.25, -0.2) is 13.4 Å². The lowest BCUT2D eigenvalue weighted by atomic mass is 10.0. The van der Waals surface area contributed by atoms with Crippen LogP contribution in [0.2, 0.25) is 0 Å². The van der Waals surface area contributed by atoms with Crippen molar-refractivity contribution in [3.05, 3.63) is 33.1 Å². The fourth-order valence-electron chi connectivity index (χ4n) is 3.23. The van der Waals surface area contributed by atoms with Crippen LogP contribution in [-0.2, 0) is 9.84 Å². The maximum atomic E-state index is 13.2. The number of amides is 1. The number of hydrogen-bond acceptors (Lipinski definition) is 7. The van der Waals surface area contributed by atoms with Crippen molar-refractivity contribution < 1.29 is 17.7 Å². The summed E-state index contributed by atoms with van der Waals surface area (Å²) in [6.45, 7) is 7.49. The summed E-state index contributed by atoms with van der Waals surface area (Å²) in [5.41, 5.74) is 2.85. The quantitative estimate of drug-likeness (QED) is 0.627. The second-order valence-corrected chi connectivity index (χ2v) is 10.8. The molecule has 0 fully saturated rings. The van der Waals surface area contributed by atoms with Gasteiger partial charge in [0.25, 0.3) is 11.6 Å². The minimum Gasteiger partial charge on any atom is -0.338 e. The van der Waals surface area contributed by atoms with E-state index in [0.29, 0.717) is 28.1 Å². The Bertz CT molecular complexity index is 1160. The van der Waals surface area contributed by atoms with E-state index in [4.69, 9.17) is 4.52 Å². The number of fused-ring (bicyclic) bond motifs is 1. The molecule has 9 heteroatoms. The van der Waals surface area contributed by atoms with Crippen LogP contribution in [0.4, 0.5) is 0 Å². The van der Waals surface area contributed by atoms with Gasteiger partial charge in [-0.15, -0.1) is 11.3 Å². The van der Waals surface area contributed by atoms with Gasteiger partial charge in [-0.05, 0) is 39.8 Å². The second-order valence-electron chi connectivity index (χ2n) is 7.19. The smallest absolute Gasteiger partial charge is 0.259 e. The average Bonchev–Trinajstić information content (AvgIpc) is 3.13. The van der Waals surface area contributed by atoms with E-state index >= 15 is 0 Å². The standard InChI is InChI=1S/C19H23N3O4S2/c1-10(9-28(6,24)25)22(5)19(23)15-8-16(14-7-11(2)27-13(14)4)20-18-17(15)12(3)21-26-18/h7-8,10H,9H2,1-6H3. The summed E-state index contributed by atoms with van der Waals surface area (Å²) in [7, 11) is -1.61. The molecule has 0 aliphatic heterocycles. The molecule has 0 saturated heterocycles. The predicted octanol–water partition coefficient (Wildman–Crippen LogP) is 3.38. The average molecular weight is 422 g/mol. The van der Waals surface area contributed by atoms with Crippen molar-refractivity contribution >= 4 is 38.2 Å². The first-order valence-electron chi connectivity index (χ1n) is 8.77. The van der Waals surface area contributed by atoms with Crippen LogP contribution in [0.1, 0.15) is 32.7 Å². The molecule has 0 spiro atoms. The Hall–Kier alpha value is -2.26. The molecule has 0 N–H and O–H groups in total. The lowest BCUT2D eigenvalue weighted by Gasteiger charge is -2.24. The number of aryl methyl sites for hydroxylation is 3. The topological polar surface area (TPSA) is 93.4 Å². The molecule has 0 aliphatic rings. The van der Waals surface area contributed by atoms with Crippen LogP contribution in [-0.4, -0.2) is 54.5 Å². The Balaban J connectivity index is 2.12. The summed E-state index contributed by atoms with van der Waals surface area (Å²) in [5.74, 6) is -0.400. The van der Waals surface area contributed by atoms with Crippen LogP contribution in [0.15, 0.2) is 16.7 Å². The SMILES string of the molecule is Cc1cc(-c2cc(C(=O)N(C)C(C)CS(C)(=O)=O)c3c(C)noc3n2)c(C)s1. The number of nitrogens with zero attached hydrogens (tertiary/aromatic N) is 3. The zero-order valence-corrected chi connectivity index (χ0v) is 18.4. The van der Waals surface area contributed by atoms with E-state index in [9.17, 15) is 13.2 Å². The van der Waals surface area contributed by atoms with Gasteiger partial charge in [0.2, 0.25) is 0 Å². The molecule has 0 saturated carbocycles. The number of carbonyl (C=O) groups is 1. The van der Waals surface area contributed by atoms with Gasteiger partial charge >= 0.3 is 0 Å². The van der Waals surface area contributed by atoms with Gasteiger partial charge in [0.05, 0.1) is 28.1 Å². The van der Waals surface area contributed by atoms with E-state index < -0.39 is 15.9 Å². The van der Waals surface area contributed by atoms with Crippen molar-refractivity contribution in [1.82, 2.24) is 15.0 Å². The zero-order valence-electron chi connectivity index (χ0n) is 16.7. The molecule has 3 aromatic heterocycles. The molecule has 3 rings (SSSR count). The third-order valence-electron chi connectivity index (χ3n) is 4.69. The van der Waals surface area contributed by atoms with Crippen molar-refractivity contribution in [2.45, 2.75) is 33.7 Å². The minimum absolute atomic E-state index is 0.109. The molecular formula is C19H23N3O4S2. The van der Waals surface area contributed by atoms with Crippen molar-refractivity contribution in [2.24, 2.45) is 0 Å². The van der Waals surface area contributed by atoms with Gasteiger partial charge in [-0.2, -0.15) is 0 Å². The maximum absolute atomic E-state index is 13.2. The Morgan fingerprint density at radius 3 is 2.54 bits per heavy atom. The number of rotatable bonds is 5. The highest BCUT2D eigenvalue weighted by Gasteiger charge is 2.26. The number of aromatic nitrogens is 2. The molecular weight excluding hydrogens is 398 g/mol. The Labute approximate surface area is 168 Å². The van der Waals surface area contributed by atoms with Gasteiger partial charge in [-0.3, -0.25) is 4.79 Å². The Morgan fingerprint density at radius 2 is 1.96 bits per heavy atom. The molecule has 1 unspecified atom stereocenters. The highest BCUT2D eigenvalue weighted by atomic mass is 32.2. The van der Waals surface area contributed by atoms with Crippen LogP contribution < -0.4 is 0 Å². The first-order valence-corrected chi connectivity index (χ1v) is 11.6. The van der Waals surface area contributed by atoms with E-state index in [1.165, 1.54) is 4.90 Å². The number of sulfone groups is 1. The van der Waals surface area contributed by atoms with Gasteiger partial charge in [0.15, 0.2) is 0 Å². The highest BCUT2D eigenvalue weighted by Crippen LogP contribution is 2.33. The molecule has 0 bridgehead atoms. The highest BCUT2D eigenvalue weighted by molar-refractivity contribution is 7.90. The van der Waals surface area contributed by atoms with Crippen LogP contribution >= 0.6 is 11.3 Å². The fourth-order valence-corrected chi connectivity index (χ4v) is 5.26. The number of thiophene rings is 1. The molecule has 1 amide bonds. The fraction of sp³-hybridized carbons (Fsp3) is 0.421. The monoisotopic (exact) mass is 421 g/mol. The van der Waals surface area contributed by atoms with Crippen LogP contribution in [0.3, 0.4) is 0 Å². The molecule has 0 aliphatic carbocycles. The van der Waals surface area contributed by atoms with Crippen molar-refractivity contribution in [2.75, 3.05) is 19.1 Å². The minimum atomic E-state index is -3.21. The van der Waals surface area contributed by atoms with E-state index in [-0.39, 0.29) is 11.7 Å². The third-order valence-corrected chi connectivity index (χ3v) is 6.74. The van der Waals surface area contributed by atoms with Crippen LogP contribution in [0.5, 0.6) is 0 Å². The summed E-state index contributed by atoms with van der Waals surface area (Å²) in [6, 6.07) is 3.30. The molecule has 7 nitrogen and oxygen atoms in total. The second kappa shape index (κ2) is 7.29. The third kappa shape index (κ3) is 3.95. The van der Waals surface area contributed by atoms with Crippen molar-refractivity contribution in [3.8, 4) is 11.3 Å². The zero-order chi connectivity index (χ0) is 20.8. The summed E-state index contributed by atoms with van der Waals surface area (Å²) in [5, 5.41) is 4.52. The summed E-state index contributed by atoms with van der Waals surface area (Å²) < 4.78 is 28.6. The van der Waals surface area contributed by atoms with Gasteiger partial charge in [0.1, 0.15) is 9.84 Å². The lowest BCUT2D eigenvalue weighted by Crippen LogP contribution is -2.39. The Kier molecular flexibility index (Phi) is 5.33. The molecule has 3 aromatic rings. The molecule has 3 heterocycles. The van der Waals surface area contributed by atoms with E-state index in [2.05, 4.69) is 10.1 Å². The molecule has 0 aromatic carbocycles. The normalized spacial score (nSPS) is 13.1. The van der Waals surface area contributed by atoms with Crippen LogP contribution in [0.25, 0.3) is 22.4 Å². The van der Waals surface area contributed by atoms with E-state index in [1.807, 2.05) is 19.9 Å². The molecule has 28 heavy (non-hydrogen) atoms. The summed E-state index contributed by atoms with van der Waals surface area (Å²) in [4.78, 5) is 21.5. The summed E-state index contributed by atoms with van der Waals surface area (Å²) in [6.07, 6.45) is 1.16. The van der Waals surface area contributed by atoms with Gasteiger partial charge in [0, 0.05) is 34.7 Å². The van der Waals surface area contributed by atoms with Gasteiger partial charge in [-0.1, -0.05) is 5.16 Å². The molecule has 1 atom stereocenters. The maximum Gasteiger partial charge on any atom is 0.259 e. The predicted molar refractivity (Wildman–Crippen MR) is 111 cm³/mol. The Morgan fingerprint density at radius 1 is 1.29 bits per heavy atom. The van der Waals surface area contributed by atoms with Crippen molar-refractivity contribution in [1.29, 1.82) is 0 Å². The largest absolute Gasteiger partial charge is 0.338 e. The van der Waals surface area contributed by atoms with Crippen molar-refractivity contribution in [3.63, 3.8) is 0 Å². The van der Waals surface area contributed by atoms with E-state index in [0.717, 1.165) is 21.6 Å². The van der Waals surface area contributed by atoms with Crippen LogP contribution in [0, 0.1) is 20.8 Å².